The first-order valence-electron chi connectivity index (χ1n) is 9.55. The zero-order chi connectivity index (χ0) is 22.1. The van der Waals surface area contributed by atoms with Gasteiger partial charge in [0.25, 0.3) is 15.9 Å². The minimum atomic E-state index is -4.26. The highest BCUT2D eigenvalue weighted by Gasteiger charge is 2.67. The molecule has 6 nitrogen and oxygen atoms in total. The molecule has 2 aliphatic heterocycles. The van der Waals surface area contributed by atoms with E-state index in [1.807, 2.05) is 6.92 Å². The topological polar surface area (TPSA) is 74.8 Å². The molecule has 1 amide bonds. The van der Waals surface area contributed by atoms with E-state index in [0.717, 1.165) is 9.87 Å². The lowest BCUT2D eigenvalue weighted by molar-refractivity contribution is -0.120. The van der Waals surface area contributed by atoms with E-state index in [4.69, 9.17) is 0 Å². The number of anilines is 2. The van der Waals surface area contributed by atoms with Gasteiger partial charge in [-0.25, -0.2) is 12.7 Å². The number of para-hydroxylation sites is 1. The molecule has 2 aliphatic rings. The molecule has 0 radical (unpaired) electrons. The van der Waals surface area contributed by atoms with E-state index in [1.165, 1.54) is 17.0 Å². The standard InChI is InChI=1S/C23H17BrN2O4S/c1-14-7-10-16(11-8-14)31(29,30)26-19-12-9-15(24)13-17(19)21(27)23(26)18-5-3-4-6-20(18)25(2)22(23)28/h3-13H,1-2H3. The fourth-order valence-electron chi connectivity index (χ4n) is 4.42. The first-order chi connectivity index (χ1) is 14.7. The van der Waals surface area contributed by atoms with Crippen molar-refractivity contribution in [3.05, 3.63) is 87.9 Å². The summed E-state index contributed by atoms with van der Waals surface area (Å²) in [5.41, 5.74) is 0.124. The Morgan fingerprint density at radius 2 is 1.58 bits per heavy atom. The molecule has 1 spiro atoms. The van der Waals surface area contributed by atoms with Crippen LogP contribution in [-0.4, -0.2) is 27.2 Å². The predicted octanol–water partition coefficient (Wildman–Crippen LogP) is 4.02. The van der Waals surface area contributed by atoms with Crippen molar-refractivity contribution in [2.75, 3.05) is 16.3 Å². The highest BCUT2D eigenvalue weighted by atomic mass is 79.9. The van der Waals surface area contributed by atoms with Gasteiger partial charge in [0, 0.05) is 28.3 Å². The summed E-state index contributed by atoms with van der Waals surface area (Å²) in [5.74, 6) is -1.15. The van der Waals surface area contributed by atoms with Gasteiger partial charge in [0.1, 0.15) is 0 Å². The van der Waals surface area contributed by atoms with Gasteiger partial charge < -0.3 is 4.90 Å². The molecule has 156 valence electrons. The third-order valence-electron chi connectivity index (χ3n) is 5.88. The highest BCUT2D eigenvalue weighted by molar-refractivity contribution is 9.10. The van der Waals surface area contributed by atoms with E-state index in [-0.39, 0.29) is 16.1 Å². The van der Waals surface area contributed by atoms with E-state index in [9.17, 15) is 18.0 Å². The summed E-state index contributed by atoms with van der Waals surface area (Å²) in [4.78, 5) is 28.9. The summed E-state index contributed by atoms with van der Waals surface area (Å²) in [6, 6.07) is 18.0. The van der Waals surface area contributed by atoms with Crippen LogP contribution < -0.4 is 9.21 Å². The minimum absolute atomic E-state index is 0.0147. The van der Waals surface area contributed by atoms with Crippen LogP contribution in [0.5, 0.6) is 0 Å². The van der Waals surface area contributed by atoms with Crippen molar-refractivity contribution in [3.63, 3.8) is 0 Å². The van der Waals surface area contributed by atoms with Crippen LogP contribution in [0.1, 0.15) is 21.5 Å². The number of carbonyl (C=O) groups is 2. The van der Waals surface area contributed by atoms with Crippen LogP contribution >= 0.6 is 15.9 Å². The van der Waals surface area contributed by atoms with Crippen molar-refractivity contribution < 1.29 is 18.0 Å². The number of ketones is 1. The molecular weight excluding hydrogens is 480 g/mol. The van der Waals surface area contributed by atoms with Crippen LogP contribution in [0.25, 0.3) is 0 Å². The number of fused-ring (bicyclic) bond motifs is 3. The summed E-state index contributed by atoms with van der Waals surface area (Å²) >= 11 is 3.36. The lowest BCUT2D eigenvalue weighted by Gasteiger charge is -2.33. The molecule has 3 aromatic rings. The molecule has 0 aliphatic carbocycles. The third kappa shape index (κ3) is 2.46. The average molecular weight is 497 g/mol. The third-order valence-corrected chi connectivity index (χ3v) is 8.20. The quantitative estimate of drug-likeness (QED) is 0.502. The van der Waals surface area contributed by atoms with Gasteiger partial charge >= 0.3 is 0 Å². The van der Waals surface area contributed by atoms with Crippen LogP contribution in [0, 0.1) is 6.92 Å². The number of hydrogen-bond donors (Lipinski definition) is 0. The first kappa shape index (κ1) is 20.0. The Bertz CT molecular complexity index is 1380. The number of amides is 1. The minimum Gasteiger partial charge on any atom is -0.312 e. The molecule has 0 fully saturated rings. The zero-order valence-corrected chi connectivity index (χ0v) is 19.1. The lowest BCUT2D eigenvalue weighted by atomic mass is 9.87. The van der Waals surface area contributed by atoms with Gasteiger partial charge in [-0.2, -0.15) is 0 Å². The molecule has 0 saturated heterocycles. The van der Waals surface area contributed by atoms with E-state index in [2.05, 4.69) is 15.9 Å². The van der Waals surface area contributed by atoms with Gasteiger partial charge in [0.05, 0.1) is 10.6 Å². The Kier molecular flexibility index (Phi) is 4.19. The van der Waals surface area contributed by atoms with Gasteiger partial charge in [0.15, 0.2) is 0 Å². The number of aryl methyl sites for hydroxylation is 1. The van der Waals surface area contributed by atoms with E-state index >= 15 is 0 Å². The maximum atomic E-state index is 14.0. The lowest BCUT2D eigenvalue weighted by Crippen LogP contribution is -2.56. The molecule has 5 rings (SSSR count). The van der Waals surface area contributed by atoms with E-state index < -0.39 is 27.3 Å². The van der Waals surface area contributed by atoms with Gasteiger partial charge in [-0.1, -0.05) is 51.8 Å². The van der Waals surface area contributed by atoms with Crippen molar-refractivity contribution in [2.24, 2.45) is 0 Å². The summed E-state index contributed by atoms with van der Waals surface area (Å²) < 4.78 is 29.5. The monoisotopic (exact) mass is 496 g/mol. The van der Waals surface area contributed by atoms with Crippen LogP contribution in [-0.2, 0) is 20.4 Å². The Balaban J connectivity index is 1.88. The molecule has 1 unspecified atom stereocenters. The number of rotatable bonds is 2. The fraction of sp³-hybridized carbons (Fsp3) is 0.130. The maximum absolute atomic E-state index is 14.0. The zero-order valence-electron chi connectivity index (χ0n) is 16.7. The van der Waals surface area contributed by atoms with Crippen molar-refractivity contribution in [3.8, 4) is 0 Å². The second-order valence-corrected chi connectivity index (χ2v) is 10.4. The average Bonchev–Trinajstić information content (AvgIpc) is 3.14. The van der Waals surface area contributed by atoms with Crippen molar-refractivity contribution in [1.82, 2.24) is 0 Å². The molecule has 8 heteroatoms. The van der Waals surface area contributed by atoms with Gasteiger partial charge in [-0.05, 0) is 43.3 Å². The second kappa shape index (κ2) is 6.51. The van der Waals surface area contributed by atoms with Crippen LogP contribution in [0.2, 0.25) is 0 Å². The Labute approximate surface area is 188 Å². The molecule has 3 aromatic carbocycles. The Morgan fingerprint density at radius 3 is 2.29 bits per heavy atom. The van der Waals surface area contributed by atoms with Crippen molar-refractivity contribution >= 4 is 49.0 Å². The van der Waals surface area contributed by atoms with Crippen LogP contribution in [0.3, 0.4) is 0 Å². The molecule has 0 aromatic heterocycles. The smallest absolute Gasteiger partial charge is 0.266 e. The Morgan fingerprint density at radius 1 is 0.903 bits per heavy atom. The predicted molar refractivity (Wildman–Crippen MR) is 121 cm³/mol. The largest absolute Gasteiger partial charge is 0.312 e. The number of carbonyl (C=O) groups excluding carboxylic acids is 2. The normalized spacial score (nSPS) is 19.8. The fourth-order valence-corrected chi connectivity index (χ4v) is 6.51. The van der Waals surface area contributed by atoms with Gasteiger partial charge in [-0.3, -0.25) is 9.59 Å². The Hall–Kier alpha value is -2.97. The number of likely N-dealkylation sites (N-methyl/N-ethyl adjacent to an activating group) is 1. The van der Waals surface area contributed by atoms with E-state index in [1.54, 1.807) is 61.6 Å². The van der Waals surface area contributed by atoms with E-state index in [0.29, 0.717) is 15.7 Å². The molecule has 31 heavy (non-hydrogen) atoms. The molecule has 0 saturated carbocycles. The second-order valence-electron chi connectivity index (χ2n) is 7.66. The summed E-state index contributed by atoms with van der Waals surface area (Å²) in [6.45, 7) is 1.86. The van der Waals surface area contributed by atoms with Crippen LogP contribution in [0.4, 0.5) is 11.4 Å². The summed E-state index contributed by atoms with van der Waals surface area (Å²) in [6.07, 6.45) is 0. The number of nitrogens with zero attached hydrogens (tertiary/aromatic N) is 2. The first-order valence-corrected chi connectivity index (χ1v) is 11.8. The molecule has 2 heterocycles. The van der Waals surface area contributed by atoms with Crippen molar-refractivity contribution in [1.29, 1.82) is 0 Å². The number of halogens is 1. The molecule has 0 N–H and O–H groups in total. The molecule has 0 bridgehead atoms. The molecular formula is C23H17BrN2O4S. The number of hydrogen-bond acceptors (Lipinski definition) is 4. The number of Topliss-reactive ketones (excluding diaryl/α,β-unsaturated/α-hetero) is 1. The molecule has 1 atom stereocenters. The number of benzene rings is 3. The maximum Gasteiger partial charge on any atom is 0.266 e. The summed E-state index contributed by atoms with van der Waals surface area (Å²) in [7, 11) is -2.70. The SMILES string of the molecule is Cc1ccc(S(=O)(=O)N2c3ccc(Br)cc3C(=O)C23C(=O)N(C)c2ccccc23)cc1. The van der Waals surface area contributed by atoms with Gasteiger partial charge in [-0.15, -0.1) is 0 Å². The van der Waals surface area contributed by atoms with Crippen LogP contribution in [0.15, 0.2) is 76.1 Å². The highest BCUT2D eigenvalue weighted by Crippen LogP contribution is 2.54. The summed E-state index contributed by atoms with van der Waals surface area (Å²) in [5, 5.41) is 0. The number of sulfonamides is 1. The van der Waals surface area contributed by atoms with Crippen molar-refractivity contribution in [2.45, 2.75) is 17.4 Å². The van der Waals surface area contributed by atoms with Gasteiger partial charge in [0.2, 0.25) is 11.3 Å².